The first-order valence-corrected chi connectivity index (χ1v) is 7.71. The highest BCUT2D eigenvalue weighted by Crippen LogP contribution is 2.25. The van der Waals surface area contributed by atoms with Crippen molar-refractivity contribution in [1.82, 2.24) is 5.01 Å². The van der Waals surface area contributed by atoms with E-state index in [9.17, 15) is 14.4 Å². The molecule has 1 amide bonds. The number of amides is 1. The van der Waals surface area contributed by atoms with E-state index in [0.29, 0.717) is 5.56 Å². The Balaban J connectivity index is 2.16. The standard InChI is InChI=1S/C17H22N2O5/c1-17(2,3)24-16(22)14(11-7-5-4-6-8-11)23-15(21)12-9-13(20)19(18)10-12/h4-8,12,14H,9-10,18H2,1-3H3. The highest BCUT2D eigenvalue weighted by atomic mass is 16.6. The number of rotatable bonds is 4. The van der Waals surface area contributed by atoms with Crippen molar-refractivity contribution in [3.8, 4) is 0 Å². The van der Waals surface area contributed by atoms with Crippen LogP contribution in [-0.4, -0.2) is 35.0 Å². The monoisotopic (exact) mass is 334 g/mol. The van der Waals surface area contributed by atoms with Crippen molar-refractivity contribution in [2.24, 2.45) is 11.8 Å². The number of nitrogens with two attached hydrogens (primary N) is 1. The van der Waals surface area contributed by atoms with Gasteiger partial charge in [-0.2, -0.15) is 0 Å². The molecular weight excluding hydrogens is 312 g/mol. The van der Waals surface area contributed by atoms with Gasteiger partial charge < -0.3 is 9.47 Å². The molecule has 1 aliphatic rings. The summed E-state index contributed by atoms with van der Waals surface area (Å²) in [6, 6.07) is 8.62. The van der Waals surface area contributed by atoms with Gasteiger partial charge in [0.1, 0.15) is 5.60 Å². The molecule has 0 aliphatic carbocycles. The summed E-state index contributed by atoms with van der Waals surface area (Å²) in [7, 11) is 0. The summed E-state index contributed by atoms with van der Waals surface area (Å²) >= 11 is 0. The van der Waals surface area contributed by atoms with Crippen LogP contribution in [0.15, 0.2) is 30.3 Å². The zero-order valence-corrected chi connectivity index (χ0v) is 14.0. The molecule has 0 saturated carbocycles. The summed E-state index contributed by atoms with van der Waals surface area (Å²) in [5.41, 5.74) is -0.206. The van der Waals surface area contributed by atoms with Gasteiger partial charge in [0.15, 0.2) is 0 Å². The van der Waals surface area contributed by atoms with Crippen LogP contribution in [-0.2, 0) is 23.9 Å². The molecule has 1 aromatic carbocycles. The number of hydrogen-bond acceptors (Lipinski definition) is 6. The van der Waals surface area contributed by atoms with Crippen LogP contribution in [0, 0.1) is 5.92 Å². The third-order valence-corrected chi connectivity index (χ3v) is 3.45. The minimum absolute atomic E-state index is 0.0227. The maximum Gasteiger partial charge on any atom is 0.352 e. The average molecular weight is 334 g/mol. The molecule has 1 fully saturated rings. The summed E-state index contributed by atoms with van der Waals surface area (Å²) in [6.07, 6.45) is -1.20. The Morgan fingerprint density at radius 2 is 1.88 bits per heavy atom. The van der Waals surface area contributed by atoms with Gasteiger partial charge in [-0.3, -0.25) is 14.6 Å². The summed E-state index contributed by atoms with van der Waals surface area (Å²) in [5, 5.41) is 0.983. The summed E-state index contributed by atoms with van der Waals surface area (Å²) < 4.78 is 10.7. The normalized spacial score (nSPS) is 19.1. The first kappa shape index (κ1) is 17.9. The maximum atomic E-state index is 12.4. The molecule has 1 aromatic rings. The molecular formula is C17H22N2O5. The molecule has 0 aromatic heterocycles. The molecule has 2 atom stereocenters. The third-order valence-electron chi connectivity index (χ3n) is 3.45. The summed E-state index contributed by atoms with van der Waals surface area (Å²) in [5.74, 6) is 3.16. The van der Waals surface area contributed by atoms with Crippen molar-refractivity contribution in [2.75, 3.05) is 6.54 Å². The predicted molar refractivity (Wildman–Crippen MR) is 85.1 cm³/mol. The molecule has 0 spiro atoms. The number of ether oxygens (including phenoxy) is 2. The second-order valence-electron chi connectivity index (χ2n) is 6.71. The van der Waals surface area contributed by atoms with E-state index in [4.69, 9.17) is 15.3 Å². The van der Waals surface area contributed by atoms with Gasteiger partial charge in [0.2, 0.25) is 12.0 Å². The van der Waals surface area contributed by atoms with Gasteiger partial charge in [0, 0.05) is 12.0 Å². The van der Waals surface area contributed by atoms with E-state index >= 15 is 0 Å². The summed E-state index contributed by atoms with van der Waals surface area (Å²) in [4.78, 5) is 36.2. The fourth-order valence-electron chi connectivity index (χ4n) is 2.34. The molecule has 24 heavy (non-hydrogen) atoms. The van der Waals surface area contributed by atoms with Crippen LogP contribution in [0.3, 0.4) is 0 Å². The number of hydrazine groups is 1. The highest BCUT2D eigenvalue weighted by Gasteiger charge is 2.37. The largest absolute Gasteiger partial charge is 0.457 e. The number of carbonyl (C=O) groups is 3. The molecule has 7 nitrogen and oxygen atoms in total. The smallest absolute Gasteiger partial charge is 0.352 e. The molecule has 2 N–H and O–H groups in total. The van der Waals surface area contributed by atoms with Crippen LogP contribution in [0.2, 0.25) is 0 Å². The minimum Gasteiger partial charge on any atom is -0.457 e. The number of carbonyl (C=O) groups excluding carboxylic acids is 3. The molecule has 2 unspecified atom stereocenters. The molecule has 130 valence electrons. The zero-order chi connectivity index (χ0) is 17.9. The summed E-state index contributed by atoms with van der Waals surface area (Å²) in [6.45, 7) is 5.28. The van der Waals surface area contributed by atoms with E-state index in [1.54, 1.807) is 51.1 Å². The van der Waals surface area contributed by atoms with Gasteiger partial charge in [0.05, 0.1) is 12.5 Å². The van der Waals surface area contributed by atoms with Gasteiger partial charge in [-0.1, -0.05) is 30.3 Å². The second-order valence-corrected chi connectivity index (χ2v) is 6.71. The first-order valence-electron chi connectivity index (χ1n) is 7.71. The van der Waals surface area contributed by atoms with Crippen molar-refractivity contribution in [2.45, 2.75) is 38.9 Å². The van der Waals surface area contributed by atoms with Crippen LogP contribution in [0.25, 0.3) is 0 Å². The number of nitrogens with zero attached hydrogens (tertiary/aromatic N) is 1. The molecule has 1 heterocycles. The predicted octanol–water partition coefficient (Wildman–Crippen LogP) is 1.33. The van der Waals surface area contributed by atoms with Crippen LogP contribution >= 0.6 is 0 Å². The number of benzene rings is 1. The Bertz CT molecular complexity index is 624. The lowest BCUT2D eigenvalue weighted by molar-refractivity contribution is -0.178. The fraction of sp³-hybridized carbons (Fsp3) is 0.471. The number of hydrogen-bond donors (Lipinski definition) is 1. The first-order chi connectivity index (χ1) is 11.2. The van der Waals surface area contributed by atoms with E-state index < -0.39 is 29.6 Å². The minimum atomic E-state index is -1.18. The van der Waals surface area contributed by atoms with Crippen LogP contribution in [0.4, 0.5) is 0 Å². The molecule has 0 radical (unpaired) electrons. The Hall–Kier alpha value is -2.41. The lowest BCUT2D eigenvalue weighted by Crippen LogP contribution is -2.34. The van der Waals surface area contributed by atoms with Gasteiger partial charge in [-0.05, 0) is 20.8 Å². The molecule has 1 saturated heterocycles. The van der Waals surface area contributed by atoms with Crippen LogP contribution < -0.4 is 5.84 Å². The SMILES string of the molecule is CC(C)(C)OC(=O)C(OC(=O)C1CC(=O)N(N)C1)c1ccccc1. The van der Waals surface area contributed by atoms with Crippen molar-refractivity contribution in [1.29, 1.82) is 0 Å². The van der Waals surface area contributed by atoms with E-state index in [1.807, 2.05) is 0 Å². The quantitative estimate of drug-likeness (QED) is 0.507. The van der Waals surface area contributed by atoms with Gasteiger partial charge in [-0.15, -0.1) is 0 Å². The molecule has 7 heteroatoms. The van der Waals surface area contributed by atoms with Crippen molar-refractivity contribution < 1.29 is 23.9 Å². The molecule has 2 rings (SSSR count). The Kier molecular flexibility index (Phi) is 5.23. The van der Waals surface area contributed by atoms with Crippen molar-refractivity contribution in [3.63, 3.8) is 0 Å². The van der Waals surface area contributed by atoms with E-state index in [2.05, 4.69) is 0 Å². The second kappa shape index (κ2) is 7.00. The maximum absolute atomic E-state index is 12.4. The van der Waals surface area contributed by atoms with Gasteiger partial charge in [0.25, 0.3) is 0 Å². The Morgan fingerprint density at radius 1 is 1.25 bits per heavy atom. The number of esters is 2. The van der Waals surface area contributed by atoms with Crippen molar-refractivity contribution >= 4 is 17.8 Å². The van der Waals surface area contributed by atoms with Gasteiger partial charge in [-0.25, -0.2) is 10.6 Å². The van der Waals surface area contributed by atoms with Crippen LogP contribution in [0.5, 0.6) is 0 Å². The zero-order valence-electron chi connectivity index (χ0n) is 14.0. The third kappa shape index (κ3) is 4.55. The Labute approximate surface area is 140 Å². The van der Waals surface area contributed by atoms with E-state index in [0.717, 1.165) is 5.01 Å². The topological polar surface area (TPSA) is 98.9 Å². The lowest BCUT2D eigenvalue weighted by Gasteiger charge is -2.24. The average Bonchev–Trinajstić information content (AvgIpc) is 2.83. The van der Waals surface area contributed by atoms with Crippen LogP contribution in [0.1, 0.15) is 38.9 Å². The van der Waals surface area contributed by atoms with E-state index in [1.165, 1.54) is 0 Å². The molecule has 1 aliphatic heterocycles. The highest BCUT2D eigenvalue weighted by molar-refractivity contribution is 5.88. The Morgan fingerprint density at radius 3 is 2.38 bits per heavy atom. The van der Waals surface area contributed by atoms with E-state index in [-0.39, 0.29) is 18.9 Å². The molecule has 0 bridgehead atoms. The van der Waals surface area contributed by atoms with Crippen molar-refractivity contribution in [3.05, 3.63) is 35.9 Å². The fourth-order valence-corrected chi connectivity index (χ4v) is 2.34. The van der Waals surface area contributed by atoms with Gasteiger partial charge >= 0.3 is 11.9 Å². The lowest BCUT2D eigenvalue weighted by atomic mass is 10.1.